The molecule has 0 N–H and O–H groups in total. The van der Waals surface area contributed by atoms with Gasteiger partial charge in [-0.05, 0) is 33.6 Å². The fourth-order valence-corrected chi connectivity index (χ4v) is 2.42. The van der Waals surface area contributed by atoms with Crippen LogP contribution in [-0.4, -0.2) is 59.9 Å². The molecule has 0 spiro atoms. The Morgan fingerprint density at radius 3 is 2.17 bits per heavy atom. The molecule has 2 aliphatic rings. The van der Waals surface area contributed by atoms with Gasteiger partial charge in [-0.2, -0.15) is 0 Å². The number of piperazine rings is 1. The highest BCUT2D eigenvalue weighted by atomic mass is 19.1. The average molecular weight is 258 g/mol. The Morgan fingerprint density at radius 1 is 1.17 bits per heavy atom. The van der Waals surface area contributed by atoms with Crippen LogP contribution in [0.2, 0.25) is 0 Å². The summed E-state index contributed by atoms with van der Waals surface area (Å²) in [6.45, 7) is 8.38. The van der Waals surface area contributed by atoms with E-state index in [1.165, 1.54) is 0 Å². The molecule has 1 saturated carbocycles. The van der Waals surface area contributed by atoms with Crippen LogP contribution in [0.5, 0.6) is 0 Å². The molecule has 1 saturated heterocycles. The zero-order chi connectivity index (χ0) is 13.3. The fraction of sp³-hybridized carbons (Fsp3) is 0.923. The van der Waals surface area contributed by atoms with Gasteiger partial charge in [0.1, 0.15) is 11.8 Å². The number of nitrogens with zero attached hydrogens (tertiary/aromatic N) is 2. The number of hydrogen-bond donors (Lipinski definition) is 0. The van der Waals surface area contributed by atoms with E-state index in [4.69, 9.17) is 4.74 Å². The van der Waals surface area contributed by atoms with Gasteiger partial charge in [0.25, 0.3) is 0 Å². The first kappa shape index (κ1) is 13.6. The maximum Gasteiger partial charge on any atom is 0.410 e. The lowest BCUT2D eigenvalue weighted by Crippen LogP contribution is -2.57. The van der Waals surface area contributed by atoms with Crippen LogP contribution < -0.4 is 0 Å². The molecule has 1 aliphatic heterocycles. The van der Waals surface area contributed by atoms with Crippen LogP contribution >= 0.6 is 0 Å². The highest BCUT2D eigenvalue weighted by molar-refractivity contribution is 5.68. The first-order valence-electron chi connectivity index (χ1n) is 6.73. The molecule has 2 rings (SSSR count). The second-order valence-corrected chi connectivity index (χ2v) is 6.16. The molecule has 2 atom stereocenters. The zero-order valence-electron chi connectivity index (χ0n) is 11.5. The van der Waals surface area contributed by atoms with Gasteiger partial charge in [-0.25, -0.2) is 9.18 Å². The molecule has 18 heavy (non-hydrogen) atoms. The topological polar surface area (TPSA) is 32.8 Å². The molecular formula is C13H23FN2O2. The van der Waals surface area contributed by atoms with Crippen LogP contribution in [0.3, 0.4) is 0 Å². The number of rotatable bonds is 1. The summed E-state index contributed by atoms with van der Waals surface area (Å²) in [6, 6.07) is 0.0887. The maximum absolute atomic E-state index is 13.3. The molecule has 0 bridgehead atoms. The van der Waals surface area contributed by atoms with Crippen molar-refractivity contribution in [3.8, 4) is 0 Å². The molecule has 1 heterocycles. The largest absolute Gasteiger partial charge is 0.444 e. The Kier molecular flexibility index (Phi) is 3.80. The molecular weight excluding hydrogens is 235 g/mol. The van der Waals surface area contributed by atoms with E-state index in [2.05, 4.69) is 4.90 Å². The predicted octanol–water partition coefficient (Wildman–Crippen LogP) is 2.04. The SMILES string of the molecule is CC(C)(C)OC(=O)N1CCN(C2CCC2F)CC1. The van der Waals surface area contributed by atoms with E-state index in [1.807, 2.05) is 20.8 Å². The lowest BCUT2D eigenvalue weighted by atomic mass is 9.88. The van der Waals surface area contributed by atoms with Crippen molar-refractivity contribution in [2.75, 3.05) is 26.2 Å². The highest BCUT2D eigenvalue weighted by Crippen LogP contribution is 2.29. The molecule has 1 amide bonds. The van der Waals surface area contributed by atoms with Gasteiger partial charge in [0.15, 0.2) is 0 Å². The highest BCUT2D eigenvalue weighted by Gasteiger charge is 2.37. The fourth-order valence-electron chi connectivity index (χ4n) is 2.42. The lowest BCUT2D eigenvalue weighted by molar-refractivity contribution is -0.0134. The Bertz CT molecular complexity index is 309. The van der Waals surface area contributed by atoms with E-state index in [0.29, 0.717) is 19.5 Å². The van der Waals surface area contributed by atoms with E-state index in [0.717, 1.165) is 19.5 Å². The van der Waals surface area contributed by atoms with Crippen LogP contribution in [0.1, 0.15) is 33.6 Å². The minimum atomic E-state index is -0.668. The van der Waals surface area contributed by atoms with Crippen LogP contribution in [0.25, 0.3) is 0 Å². The van der Waals surface area contributed by atoms with Gasteiger partial charge in [-0.15, -0.1) is 0 Å². The maximum atomic E-state index is 13.3. The van der Waals surface area contributed by atoms with Gasteiger partial charge in [-0.3, -0.25) is 4.90 Å². The van der Waals surface area contributed by atoms with Crippen LogP contribution in [0.4, 0.5) is 9.18 Å². The van der Waals surface area contributed by atoms with Crippen LogP contribution in [0.15, 0.2) is 0 Å². The molecule has 104 valence electrons. The molecule has 0 aromatic carbocycles. The average Bonchev–Trinajstić information content (AvgIpc) is 2.25. The van der Waals surface area contributed by atoms with Crippen molar-refractivity contribution in [2.45, 2.75) is 51.4 Å². The van der Waals surface area contributed by atoms with E-state index >= 15 is 0 Å². The summed E-state index contributed by atoms with van der Waals surface area (Å²) < 4.78 is 18.6. The van der Waals surface area contributed by atoms with Crippen LogP contribution in [0, 0.1) is 0 Å². The zero-order valence-corrected chi connectivity index (χ0v) is 11.5. The number of ether oxygens (including phenoxy) is 1. The number of carbonyl (C=O) groups is 1. The Morgan fingerprint density at radius 2 is 1.78 bits per heavy atom. The molecule has 4 nitrogen and oxygen atoms in total. The summed E-state index contributed by atoms with van der Waals surface area (Å²) in [4.78, 5) is 15.7. The van der Waals surface area contributed by atoms with Crippen molar-refractivity contribution in [3.63, 3.8) is 0 Å². The third-order valence-electron chi connectivity index (χ3n) is 3.59. The monoisotopic (exact) mass is 258 g/mol. The van der Waals surface area contributed by atoms with Crippen molar-refractivity contribution in [1.29, 1.82) is 0 Å². The molecule has 2 unspecified atom stereocenters. The smallest absolute Gasteiger partial charge is 0.410 e. The summed E-state index contributed by atoms with van der Waals surface area (Å²) >= 11 is 0. The van der Waals surface area contributed by atoms with Gasteiger partial charge in [-0.1, -0.05) is 0 Å². The first-order chi connectivity index (χ1) is 8.37. The summed E-state index contributed by atoms with van der Waals surface area (Å²) in [5, 5.41) is 0. The van der Waals surface area contributed by atoms with E-state index in [-0.39, 0.29) is 12.1 Å². The summed E-state index contributed by atoms with van der Waals surface area (Å²) in [5.74, 6) is 0. The predicted molar refractivity (Wildman–Crippen MR) is 67.3 cm³/mol. The van der Waals surface area contributed by atoms with Gasteiger partial charge >= 0.3 is 6.09 Å². The first-order valence-corrected chi connectivity index (χ1v) is 6.73. The van der Waals surface area contributed by atoms with Crippen molar-refractivity contribution >= 4 is 6.09 Å². The standard InChI is InChI=1S/C13H23FN2O2/c1-13(2,3)18-12(17)16-8-6-15(7-9-16)11-5-4-10(11)14/h10-11H,4-9H2,1-3H3. The third kappa shape index (κ3) is 3.13. The second-order valence-electron chi connectivity index (χ2n) is 6.16. The van der Waals surface area contributed by atoms with E-state index < -0.39 is 11.8 Å². The van der Waals surface area contributed by atoms with Crippen molar-refractivity contribution in [3.05, 3.63) is 0 Å². The summed E-state index contributed by atoms with van der Waals surface area (Å²) in [6.07, 6.45) is 0.718. The van der Waals surface area contributed by atoms with Crippen molar-refractivity contribution < 1.29 is 13.9 Å². The van der Waals surface area contributed by atoms with Crippen molar-refractivity contribution in [2.24, 2.45) is 0 Å². The van der Waals surface area contributed by atoms with Crippen LogP contribution in [-0.2, 0) is 4.74 Å². The minimum Gasteiger partial charge on any atom is -0.444 e. The Hall–Kier alpha value is -0.840. The van der Waals surface area contributed by atoms with E-state index in [1.54, 1.807) is 4.90 Å². The molecule has 5 heteroatoms. The molecule has 0 aromatic rings. The molecule has 1 aliphatic carbocycles. The number of amides is 1. The number of carbonyl (C=O) groups excluding carboxylic acids is 1. The van der Waals surface area contributed by atoms with Crippen molar-refractivity contribution in [1.82, 2.24) is 9.80 Å². The number of hydrogen-bond acceptors (Lipinski definition) is 3. The van der Waals surface area contributed by atoms with Gasteiger partial charge in [0.2, 0.25) is 0 Å². The Labute approximate surface area is 108 Å². The van der Waals surface area contributed by atoms with Gasteiger partial charge < -0.3 is 9.64 Å². The summed E-state index contributed by atoms with van der Waals surface area (Å²) in [5.41, 5.74) is -0.452. The molecule has 0 aromatic heterocycles. The lowest BCUT2D eigenvalue weighted by Gasteiger charge is -2.44. The van der Waals surface area contributed by atoms with Gasteiger partial charge in [0, 0.05) is 32.2 Å². The molecule has 2 fully saturated rings. The second kappa shape index (κ2) is 5.03. The number of halogens is 1. The third-order valence-corrected chi connectivity index (χ3v) is 3.59. The molecule has 0 radical (unpaired) electrons. The summed E-state index contributed by atoms with van der Waals surface area (Å²) in [7, 11) is 0. The minimum absolute atomic E-state index is 0.0887. The Balaban J connectivity index is 1.78. The normalized spacial score (nSPS) is 29.9. The van der Waals surface area contributed by atoms with Gasteiger partial charge in [0.05, 0.1) is 0 Å². The number of alkyl halides is 1. The van der Waals surface area contributed by atoms with E-state index in [9.17, 15) is 9.18 Å². The quantitative estimate of drug-likeness (QED) is 0.721.